The number of ketones is 1. The Balaban J connectivity index is 3.50. The van der Waals surface area contributed by atoms with Crippen molar-refractivity contribution in [3.8, 4) is 0 Å². The van der Waals surface area contributed by atoms with Crippen molar-refractivity contribution in [3.63, 3.8) is 0 Å². The number of carbonyl (C=O) groups is 1. The molecule has 0 spiro atoms. The topological polar surface area (TPSA) is 37.3 Å². The summed E-state index contributed by atoms with van der Waals surface area (Å²) in [4.78, 5) is 10.9. The molecule has 0 aromatic carbocycles. The largest absolute Gasteiger partial charge is 0.392 e. The highest BCUT2D eigenvalue weighted by atomic mass is 16.3. The smallest absolute Gasteiger partial charge is 0.135 e. The zero-order valence-corrected chi connectivity index (χ0v) is 9.05. The van der Waals surface area contributed by atoms with Crippen molar-refractivity contribution in [1.82, 2.24) is 0 Å². The van der Waals surface area contributed by atoms with Crippen LogP contribution < -0.4 is 0 Å². The highest BCUT2D eigenvalue weighted by Gasteiger charge is 2.17. The van der Waals surface area contributed by atoms with Crippen LogP contribution >= 0.6 is 0 Å². The molecule has 2 nitrogen and oxygen atoms in total. The molecule has 0 saturated carbocycles. The predicted octanol–water partition coefficient (Wildman–Crippen LogP) is 2.54. The molecule has 78 valence electrons. The Labute approximate surface area is 81.3 Å². The Hall–Kier alpha value is -0.370. The van der Waals surface area contributed by atoms with Gasteiger partial charge in [0, 0.05) is 5.92 Å². The van der Waals surface area contributed by atoms with Gasteiger partial charge < -0.3 is 5.11 Å². The second kappa shape index (κ2) is 7.07. The predicted molar refractivity (Wildman–Crippen MR) is 54.6 cm³/mol. The second-order valence-corrected chi connectivity index (χ2v) is 3.82. The average Bonchev–Trinajstić information content (AvgIpc) is 2.10. The van der Waals surface area contributed by atoms with E-state index in [2.05, 4.69) is 6.92 Å². The van der Waals surface area contributed by atoms with E-state index in [1.807, 2.05) is 0 Å². The molecule has 0 radical (unpaired) electrons. The van der Waals surface area contributed by atoms with E-state index in [1.165, 1.54) is 12.8 Å². The molecule has 0 rings (SSSR count). The molecule has 0 fully saturated rings. The lowest BCUT2D eigenvalue weighted by Crippen LogP contribution is -2.23. The summed E-state index contributed by atoms with van der Waals surface area (Å²) in [5.74, 6) is -0.107. The van der Waals surface area contributed by atoms with Gasteiger partial charge in [0.05, 0.1) is 6.10 Å². The van der Waals surface area contributed by atoms with Gasteiger partial charge in [0.25, 0.3) is 0 Å². The lowest BCUT2D eigenvalue weighted by Gasteiger charge is -2.15. The summed E-state index contributed by atoms with van der Waals surface area (Å²) >= 11 is 0. The number of rotatable bonds is 7. The third-order valence-electron chi connectivity index (χ3n) is 2.57. The summed E-state index contributed by atoms with van der Waals surface area (Å²) in [5.41, 5.74) is 0. The van der Waals surface area contributed by atoms with Gasteiger partial charge in [-0.2, -0.15) is 0 Å². The lowest BCUT2D eigenvalue weighted by molar-refractivity contribution is -0.123. The van der Waals surface area contributed by atoms with Crippen LogP contribution in [0.2, 0.25) is 0 Å². The van der Waals surface area contributed by atoms with Crippen LogP contribution in [0.25, 0.3) is 0 Å². The zero-order valence-electron chi connectivity index (χ0n) is 9.05. The number of hydrogen-bond donors (Lipinski definition) is 1. The first kappa shape index (κ1) is 12.6. The van der Waals surface area contributed by atoms with Crippen LogP contribution in [-0.2, 0) is 4.79 Å². The highest BCUT2D eigenvalue weighted by molar-refractivity contribution is 5.78. The average molecular weight is 186 g/mol. The van der Waals surface area contributed by atoms with E-state index in [-0.39, 0.29) is 11.7 Å². The van der Waals surface area contributed by atoms with Gasteiger partial charge in [0.1, 0.15) is 5.78 Å². The molecule has 0 aliphatic heterocycles. The van der Waals surface area contributed by atoms with Gasteiger partial charge in [0.15, 0.2) is 0 Å². The normalized spacial score (nSPS) is 15.4. The van der Waals surface area contributed by atoms with Crippen molar-refractivity contribution >= 4 is 5.78 Å². The minimum Gasteiger partial charge on any atom is -0.392 e. The monoisotopic (exact) mass is 186 g/mol. The zero-order chi connectivity index (χ0) is 10.3. The third-order valence-corrected chi connectivity index (χ3v) is 2.57. The third kappa shape index (κ3) is 5.81. The summed E-state index contributed by atoms with van der Waals surface area (Å²) < 4.78 is 0. The van der Waals surface area contributed by atoms with Crippen LogP contribution in [0.1, 0.15) is 52.9 Å². The van der Waals surface area contributed by atoms with Crippen LogP contribution in [0.15, 0.2) is 0 Å². The molecule has 0 amide bonds. The van der Waals surface area contributed by atoms with Gasteiger partial charge in [-0.05, 0) is 13.3 Å². The Kier molecular flexibility index (Phi) is 6.87. The van der Waals surface area contributed by atoms with Crippen LogP contribution in [0.5, 0.6) is 0 Å². The molecule has 0 aliphatic rings. The number of aliphatic hydroxyl groups is 1. The molecule has 0 unspecified atom stereocenters. The minimum absolute atomic E-state index is 0.0861. The van der Waals surface area contributed by atoms with Crippen LogP contribution in [-0.4, -0.2) is 17.0 Å². The Morgan fingerprint density at radius 1 is 1.31 bits per heavy atom. The SMILES string of the molecule is CCCCCC[C@H](O)[C@@H](C)C(C)=O. The van der Waals surface area contributed by atoms with Crippen LogP contribution in [0.4, 0.5) is 0 Å². The molecule has 2 heteroatoms. The molecule has 0 aromatic heterocycles. The molecule has 0 saturated heterocycles. The second-order valence-electron chi connectivity index (χ2n) is 3.82. The molecule has 0 aromatic rings. The fourth-order valence-electron chi connectivity index (χ4n) is 1.30. The van der Waals surface area contributed by atoms with Crippen molar-refractivity contribution in [2.24, 2.45) is 5.92 Å². The van der Waals surface area contributed by atoms with E-state index < -0.39 is 6.10 Å². The molecule has 1 N–H and O–H groups in total. The number of carbonyl (C=O) groups excluding carboxylic acids is 1. The van der Waals surface area contributed by atoms with E-state index in [0.717, 1.165) is 19.3 Å². The molecule has 0 aliphatic carbocycles. The fourth-order valence-corrected chi connectivity index (χ4v) is 1.30. The van der Waals surface area contributed by atoms with E-state index in [0.29, 0.717) is 0 Å². The van der Waals surface area contributed by atoms with E-state index in [9.17, 15) is 9.90 Å². The first-order chi connectivity index (χ1) is 6.09. The van der Waals surface area contributed by atoms with Gasteiger partial charge in [-0.3, -0.25) is 4.79 Å². The van der Waals surface area contributed by atoms with Gasteiger partial charge in [-0.15, -0.1) is 0 Å². The van der Waals surface area contributed by atoms with Gasteiger partial charge in [-0.25, -0.2) is 0 Å². The fraction of sp³-hybridized carbons (Fsp3) is 0.909. The van der Waals surface area contributed by atoms with E-state index >= 15 is 0 Å². The quantitative estimate of drug-likeness (QED) is 0.620. The van der Waals surface area contributed by atoms with Crippen LogP contribution in [0, 0.1) is 5.92 Å². The summed E-state index contributed by atoms with van der Waals surface area (Å²) in [6, 6.07) is 0. The van der Waals surface area contributed by atoms with Crippen molar-refractivity contribution < 1.29 is 9.90 Å². The van der Waals surface area contributed by atoms with Crippen molar-refractivity contribution in [3.05, 3.63) is 0 Å². The highest BCUT2D eigenvalue weighted by Crippen LogP contribution is 2.12. The molecule has 0 bridgehead atoms. The maximum absolute atomic E-state index is 10.9. The summed E-state index contributed by atoms with van der Waals surface area (Å²) in [7, 11) is 0. The van der Waals surface area contributed by atoms with E-state index in [1.54, 1.807) is 13.8 Å². The Bertz CT molecular complexity index is 143. The van der Waals surface area contributed by atoms with Crippen LogP contribution in [0.3, 0.4) is 0 Å². The summed E-state index contributed by atoms with van der Waals surface area (Å²) in [6.45, 7) is 5.50. The first-order valence-corrected chi connectivity index (χ1v) is 5.28. The number of unbranched alkanes of at least 4 members (excludes halogenated alkanes) is 3. The molecular formula is C11H22O2. The molecule has 2 atom stereocenters. The molecule has 13 heavy (non-hydrogen) atoms. The standard InChI is InChI=1S/C11H22O2/c1-4-5-6-7-8-11(13)9(2)10(3)12/h9,11,13H,4-8H2,1-3H3/t9-,11-/m0/s1. The molecule has 0 heterocycles. The van der Waals surface area contributed by atoms with Crippen molar-refractivity contribution in [2.75, 3.05) is 0 Å². The lowest BCUT2D eigenvalue weighted by atomic mass is 9.96. The minimum atomic E-state index is -0.436. The molecular weight excluding hydrogens is 164 g/mol. The first-order valence-electron chi connectivity index (χ1n) is 5.28. The van der Waals surface area contributed by atoms with Gasteiger partial charge in [0.2, 0.25) is 0 Å². The van der Waals surface area contributed by atoms with E-state index in [4.69, 9.17) is 0 Å². The maximum atomic E-state index is 10.9. The number of aliphatic hydroxyl groups excluding tert-OH is 1. The number of Topliss-reactive ketones (excluding diaryl/α,β-unsaturated/α-hetero) is 1. The van der Waals surface area contributed by atoms with Gasteiger partial charge >= 0.3 is 0 Å². The Morgan fingerprint density at radius 2 is 1.92 bits per heavy atom. The number of hydrogen-bond acceptors (Lipinski definition) is 2. The Morgan fingerprint density at radius 3 is 2.38 bits per heavy atom. The van der Waals surface area contributed by atoms with Gasteiger partial charge in [-0.1, -0.05) is 39.5 Å². The maximum Gasteiger partial charge on any atom is 0.135 e. The summed E-state index contributed by atoms with van der Waals surface area (Å²) in [5, 5.41) is 9.57. The van der Waals surface area contributed by atoms with Crippen molar-refractivity contribution in [1.29, 1.82) is 0 Å². The van der Waals surface area contributed by atoms with Crippen molar-refractivity contribution in [2.45, 2.75) is 59.0 Å². The summed E-state index contributed by atoms with van der Waals surface area (Å²) in [6.07, 6.45) is 4.96.